The van der Waals surface area contributed by atoms with Gasteiger partial charge >= 0.3 is 0 Å². The van der Waals surface area contributed by atoms with E-state index in [-0.39, 0.29) is 17.9 Å². The van der Waals surface area contributed by atoms with Gasteiger partial charge in [-0.05, 0) is 112 Å². The average Bonchev–Trinajstić information content (AvgIpc) is 3.34. The molecule has 0 unspecified atom stereocenters. The van der Waals surface area contributed by atoms with Gasteiger partial charge in [0.15, 0.2) is 5.78 Å². The van der Waals surface area contributed by atoms with Crippen molar-refractivity contribution >= 4 is 28.4 Å². The van der Waals surface area contributed by atoms with Crippen LogP contribution in [0.15, 0.2) is 18.2 Å². The predicted octanol–water partition coefficient (Wildman–Crippen LogP) is 5.67. The molecular weight excluding hydrogens is 434 g/mol. The Morgan fingerprint density at radius 3 is 2.76 bits per heavy atom. The highest BCUT2D eigenvalue weighted by Crippen LogP contribution is 2.64. The van der Waals surface area contributed by atoms with Crippen LogP contribution in [0.4, 0.5) is 0 Å². The second kappa shape index (κ2) is 7.78. The predicted molar refractivity (Wildman–Crippen MR) is 129 cm³/mol. The molecule has 1 aromatic heterocycles. The number of carbonyl (C=O) groups excluding carboxylic acids is 1. The van der Waals surface area contributed by atoms with Crippen LogP contribution >= 0.6 is 11.6 Å². The van der Waals surface area contributed by atoms with Crippen LogP contribution in [-0.4, -0.2) is 31.5 Å². The third-order valence-corrected chi connectivity index (χ3v) is 10.7. The Labute approximate surface area is 201 Å². The van der Waals surface area contributed by atoms with Gasteiger partial charge in [-0.15, -0.1) is 5.10 Å². The summed E-state index contributed by atoms with van der Waals surface area (Å²) in [7, 11) is 0. The lowest BCUT2D eigenvalue weighted by atomic mass is 9.49. The molecule has 178 valence electrons. The number of rotatable bonds is 3. The molecule has 0 radical (unpaired) electrons. The fraction of sp³-hybridized carbons (Fsp3) is 0.741. The van der Waals surface area contributed by atoms with E-state index in [1.54, 1.807) is 4.68 Å². The molecule has 0 spiro atoms. The molecule has 1 heterocycles. The summed E-state index contributed by atoms with van der Waals surface area (Å²) in [5.41, 5.74) is 1.16. The SMILES string of the molecule is C[C@@]1(O)CC[C@H]2[C@H](CC[C@@H]3[C@@H]2CC[C@]2(C)[C@@H](C(=O)Cn4nnc5c(Cl)cccc54)CC[C@@H]32)C1. The Hall–Kier alpha value is -1.46. The molecule has 33 heavy (non-hydrogen) atoms. The van der Waals surface area contributed by atoms with Crippen LogP contribution in [-0.2, 0) is 11.3 Å². The number of fused-ring (bicyclic) bond motifs is 6. The average molecular weight is 470 g/mol. The van der Waals surface area contributed by atoms with Gasteiger partial charge in [-0.1, -0.05) is 29.8 Å². The minimum atomic E-state index is -0.461. The third-order valence-electron chi connectivity index (χ3n) is 10.4. The minimum Gasteiger partial charge on any atom is -0.390 e. The van der Waals surface area contributed by atoms with Crippen LogP contribution in [0.5, 0.6) is 0 Å². The fourth-order valence-corrected chi connectivity index (χ4v) is 9.15. The number of halogens is 1. The standard InChI is InChI=1S/C27H36ClN3O2/c1-26(33)12-10-17-16(14-26)6-7-19-18(17)11-13-27(2)20(19)8-9-21(27)24(32)15-31-23-5-3-4-22(28)25(23)29-30-31/h3-5,16-21,33H,6-15H2,1-2H3/t16-,17+,18-,19-,20+,21-,26-,27+/m1/s1. The van der Waals surface area contributed by atoms with Crippen LogP contribution < -0.4 is 0 Å². The third kappa shape index (κ3) is 3.48. The smallest absolute Gasteiger partial charge is 0.157 e. The van der Waals surface area contributed by atoms with E-state index in [0.717, 1.165) is 42.5 Å². The van der Waals surface area contributed by atoms with E-state index in [0.29, 0.717) is 28.2 Å². The van der Waals surface area contributed by atoms with E-state index >= 15 is 0 Å². The molecule has 4 aliphatic rings. The minimum absolute atomic E-state index is 0.110. The van der Waals surface area contributed by atoms with Crippen molar-refractivity contribution in [2.45, 2.75) is 83.8 Å². The number of aromatic nitrogens is 3. The summed E-state index contributed by atoms with van der Waals surface area (Å²) in [6.45, 7) is 4.74. The van der Waals surface area contributed by atoms with Crippen molar-refractivity contribution in [3.63, 3.8) is 0 Å². The summed E-state index contributed by atoms with van der Waals surface area (Å²) in [6.07, 6.45) is 10.3. The van der Waals surface area contributed by atoms with Gasteiger partial charge in [-0.2, -0.15) is 0 Å². The largest absolute Gasteiger partial charge is 0.390 e. The normalized spacial score (nSPS) is 42.5. The first-order chi connectivity index (χ1) is 15.8. The molecule has 8 atom stereocenters. The van der Waals surface area contributed by atoms with E-state index < -0.39 is 5.60 Å². The lowest BCUT2D eigenvalue weighted by molar-refractivity contribution is -0.133. The summed E-state index contributed by atoms with van der Waals surface area (Å²) < 4.78 is 1.74. The molecule has 6 rings (SSSR count). The number of benzene rings is 1. The Kier molecular flexibility index (Phi) is 5.19. The number of aliphatic hydroxyl groups is 1. The molecule has 0 aliphatic heterocycles. The summed E-state index contributed by atoms with van der Waals surface area (Å²) >= 11 is 6.26. The molecule has 4 fully saturated rings. The molecule has 0 saturated heterocycles. The second-order valence-electron chi connectivity index (χ2n) is 12.2. The van der Waals surface area contributed by atoms with Crippen LogP contribution in [0.1, 0.15) is 71.6 Å². The molecule has 0 amide bonds. The Balaban J connectivity index is 1.20. The first-order valence-corrected chi connectivity index (χ1v) is 13.4. The second-order valence-corrected chi connectivity index (χ2v) is 12.6. The number of carbonyl (C=O) groups is 1. The quantitative estimate of drug-likeness (QED) is 0.628. The monoisotopic (exact) mass is 469 g/mol. The summed E-state index contributed by atoms with van der Waals surface area (Å²) in [4.78, 5) is 13.6. The molecule has 2 aromatic rings. The molecule has 6 heteroatoms. The van der Waals surface area contributed by atoms with Crippen molar-refractivity contribution in [2.75, 3.05) is 0 Å². The van der Waals surface area contributed by atoms with E-state index in [1.807, 2.05) is 25.1 Å². The Morgan fingerprint density at radius 1 is 1.09 bits per heavy atom. The highest BCUT2D eigenvalue weighted by atomic mass is 35.5. The molecule has 0 bridgehead atoms. The van der Waals surface area contributed by atoms with Gasteiger partial charge in [-0.25, -0.2) is 4.68 Å². The molecule has 1 aromatic carbocycles. The van der Waals surface area contributed by atoms with E-state index in [9.17, 15) is 9.90 Å². The lowest BCUT2D eigenvalue weighted by Gasteiger charge is -2.56. The van der Waals surface area contributed by atoms with Gasteiger partial charge in [0.1, 0.15) is 12.1 Å². The van der Waals surface area contributed by atoms with Gasteiger partial charge in [-0.3, -0.25) is 4.79 Å². The molecule has 1 N–H and O–H groups in total. The zero-order chi connectivity index (χ0) is 23.0. The highest BCUT2D eigenvalue weighted by Gasteiger charge is 2.58. The van der Waals surface area contributed by atoms with E-state index in [1.165, 1.54) is 38.5 Å². The van der Waals surface area contributed by atoms with E-state index in [2.05, 4.69) is 17.2 Å². The Bertz CT molecular complexity index is 1080. The maximum atomic E-state index is 13.6. The number of Topliss-reactive ketones (excluding diaryl/α,β-unsaturated/α-hetero) is 1. The summed E-state index contributed by atoms with van der Waals surface area (Å²) in [5, 5.41) is 19.7. The van der Waals surface area contributed by atoms with Gasteiger partial charge in [0, 0.05) is 5.92 Å². The molecule has 4 aliphatic carbocycles. The van der Waals surface area contributed by atoms with Crippen molar-refractivity contribution in [2.24, 2.45) is 40.9 Å². The van der Waals surface area contributed by atoms with Gasteiger partial charge < -0.3 is 5.11 Å². The Morgan fingerprint density at radius 2 is 1.91 bits per heavy atom. The van der Waals surface area contributed by atoms with E-state index in [4.69, 9.17) is 11.6 Å². The summed E-state index contributed by atoms with van der Waals surface area (Å²) in [5.74, 6) is 4.14. The summed E-state index contributed by atoms with van der Waals surface area (Å²) in [6, 6.07) is 5.65. The number of hydrogen-bond acceptors (Lipinski definition) is 4. The number of ketones is 1. The maximum absolute atomic E-state index is 13.6. The van der Waals surface area contributed by atoms with Gasteiger partial charge in [0.05, 0.1) is 16.1 Å². The van der Waals surface area contributed by atoms with Crippen molar-refractivity contribution in [3.8, 4) is 0 Å². The van der Waals surface area contributed by atoms with Gasteiger partial charge in [0.2, 0.25) is 0 Å². The molecule has 5 nitrogen and oxygen atoms in total. The molecular formula is C27H36ClN3O2. The fourth-order valence-electron chi connectivity index (χ4n) is 8.94. The zero-order valence-corrected chi connectivity index (χ0v) is 20.6. The van der Waals surface area contributed by atoms with Crippen LogP contribution in [0, 0.1) is 40.9 Å². The van der Waals surface area contributed by atoms with Crippen LogP contribution in [0.2, 0.25) is 5.02 Å². The number of hydrogen-bond donors (Lipinski definition) is 1. The maximum Gasteiger partial charge on any atom is 0.157 e. The highest BCUT2D eigenvalue weighted by molar-refractivity contribution is 6.34. The first-order valence-electron chi connectivity index (χ1n) is 13.0. The van der Waals surface area contributed by atoms with Gasteiger partial charge in [0.25, 0.3) is 0 Å². The van der Waals surface area contributed by atoms with Crippen molar-refractivity contribution in [3.05, 3.63) is 23.2 Å². The van der Waals surface area contributed by atoms with Crippen LogP contribution in [0.3, 0.4) is 0 Å². The van der Waals surface area contributed by atoms with Crippen molar-refractivity contribution in [1.82, 2.24) is 15.0 Å². The topological polar surface area (TPSA) is 68.0 Å². The van der Waals surface area contributed by atoms with Crippen molar-refractivity contribution in [1.29, 1.82) is 0 Å². The number of nitrogens with zero attached hydrogens (tertiary/aromatic N) is 3. The first kappa shape index (κ1) is 22.0. The molecule has 4 saturated carbocycles. The zero-order valence-electron chi connectivity index (χ0n) is 19.8. The lowest BCUT2D eigenvalue weighted by Crippen LogP contribution is -2.51. The van der Waals surface area contributed by atoms with Crippen molar-refractivity contribution < 1.29 is 9.90 Å². The van der Waals surface area contributed by atoms with Crippen LogP contribution in [0.25, 0.3) is 11.0 Å².